The highest BCUT2D eigenvalue weighted by Crippen LogP contribution is 2.15. The highest BCUT2D eigenvalue weighted by Gasteiger charge is 2.46. The molecule has 39 heavy (non-hydrogen) atoms. The van der Waals surface area contributed by atoms with Crippen molar-refractivity contribution in [2.24, 2.45) is 0 Å². The number of aliphatic hydroxyl groups excluding tert-OH is 3. The van der Waals surface area contributed by atoms with Crippen molar-refractivity contribution in [1.82, 2.24) is 0 Å². The van der Waals surface area contributed by atoms with Crippen LogP contribution in [0.4, 0.5) is 0 Å². The molecular formula is C29H42O10+2. The Morgan fingerprint density at radius 1 is 0.974 bits per heavy atom. The number of ether oxygens (including phenoxy) is 3. The molecule has 1 aliphatic rings. The second-order valence-electron chi connectivity index (χ2n) is 9.10. The maximum atomic E-state index is 12.1. The number of aliphatic hydroxyl groups is 3. The first-order valence-corrected chi connectivity index (χ1v) is 13.6. The molecule has 0 aromatic carbocycles. The first kappa shape index (κ1) is 33.6. The molecule has 0 aromatic heterocycles. The van der Waals surface area contributed by atoms with Crippen LogP contribution >= 0.6 is 0 Å². The van der Waals surface area contributed by atoms with Crippen LogP contribution in [0.15, 0.2) is 24.0 Å². The van der Waals surface area contributed by atoms with E-state index in [-0.39, 0.29) is 12.5 Å². The Kier molecular flexibility index (Phi) is 17.7. The minimum atomic E-state index is -1.31. The van der Waals surface area contributed by atoms with Crippen LogP contribution < -0.4 is 0 Å². The number of carbonyl (C=O) groups excluding carboxylic acids is 4. The Labute approximate surface area is 230 Å². The molecule has 0 radical (unpaired) electrons. The maximum absolute atomic E-state index is 12.1. The molecule has 1 aliphatic heterocycles. The van der Waals surface area contributed by atoms with Gasteiger partial charge in [0.15, 0.2) is 0 Å². The zero-order valence-electron chi connectivity index (χ0n) is 22.9. The molecule has 0 saturated heterocycles. The molecule has 0 spiro atoms. The number of esters is 2. The quantitative estimate of drug-likeness (QED) is 0.0376. The van der Waals surface area contributed by atoms with Crippen LogP contribution in [0.25, 0.3) is 0 Å². The lowest BCUT2D eigenvalue weighted by Crippen LogP contribution is -2.36. The molecular weight excluding hydrogens is 508 g/mol. The van der Waals surface area contributed by atoms with Crippen LogP contribution in [0, 0.1) is 17.9 Å². The number of hydrogen-bond donors (Lipinski definition) is 3. The summed E-state index contributed by atoms with van der Waals surface area (Å²) in [6.45, 7) is 3.61. The van der Waals surface area contributed by atoms with Gasteiger partial charge in [-0.3, -0.25) is 28.3 Å². The van der Waals surface area contributed by atoms with Crippen molar-refractivity contribution in [3.05, 3.63) is 30.1 Å². The number of carbonyl (C=O) groups is 3. The number of allylic oxidation sites excluding steroid dienone is 1. The summed E-state index contributed by atoms with van der Waals surface area (Å²) >= 11 is 0. The van der Waals surface area contributed by atoms with Crippen LogP contribution in [0.2, 0.25) is 0 Å². The Balaban J connectivity index is 2.24. The third kappa shape index (κ3) is 14.9. The number of cyclic esters (lactones) is 1. The molecule has 1 rings (SSSR count). The van der Waals surface area contributed by atoms with Crippen LogP contribution in [0.1, 0.15) is 96.8 Å². The van der Waals surface area contributed by atoms with Crippen molar-refractivity contribution in [3.8, 4) is 11.8 Å². The van der Waals surface area contributed by atoms with E-state index in [0.717, 1.165) is 38.5 Å². The Bertz CT molecular complexity index is 922. The van der Waals surface area contributed by atoms with E-state index in [9.17, 15) is 24.6 Å². The lowest BCUT2D eigenvalue weighted by atomic mass is 10.1. The highest BCUT2D eigenvalue weighted by molar-refractivity contribution is 6.66. The second kappa shape index (κ2) is 20.5. The van der Waals surface area contributed by atoms with E-state index in [1.807, 2.05) is 0 Å². The molecule has 0 atom stereocenters. The summed E-state index contributed by atoms with van der Waals surface area (Å²) in [5.41, 5.74) is 0. The molecule has 0 amide bonds. The normalized spacial score (nSPS) is 14.1. The predicted octanol–water partition coefficient (Wildman–Crippen LogP) is 4.58. The number of ketones is 2. The van der Waals surface area contributed by atoms with Gasteiger partial charge in [0.25, 0.3) is 18.1 Å². The topological polar surface area (TPSA) is 151 Å². The van der Waals surface area contributed by atoms with E-state index >= 15 is 0 Å². The molecule has 0 saturated carbocycles. The molecule has 1 heterocycles. The lowest BCUT2D eigenvalue weighted by molar-refractivity contribution is -0.467. The van der Waals surface area contributed by atoms with Crippen molar-refractivity contribution in [2.75, 3.05) is 19.8 Å². The minimum Gasteiger partial charge on any atom is -0.500 e. The van der Waals surface area contributed by atoms with Crippen molar-refractivity contribution in [3.63, 3.8) is 0 Å². The zero-order valence-corrected chi connectivity index (χ0v) is 22.9. The molecule has 0 fully saturated rings. The summed E-state index contributed by atoms with van der Waals surface area (Å²) in [4.78, 5) is 35.7. The first-order chi connectivity index (χ1) is 18.8. The van der Waals surface area contributed by atoms with Gasteiger partial charge in [-0.15, -0.1) is 11.8 Å². The van der Waals surface area contributed by atoms with Gasteiger partial charge < -0.3 is 20.1 Å². The van der Waals surface area contributed by atoms with Crippen molar-refractivity contribution < 1.29 is 48.3 Å². The fraction of sp³-hybridized carbons (Fsp3) is 0.621. The Hall–Kier alpha value is -3.45. The van der Waals surface area contributed by atoms with Crippen LogP contribution in [-0.4, -0.2) is 58.6 Å². The summed E-state index contributed by atoms with van der Waals surface area (Å²) in [6, 6.07) is 0. The molecule has 216 valence electrons. The van der Waals surface area contributed by atoms with Gasteiger partial charge in [-0.2, -0.15) is 0 Å². The summed E-state index contributed by atoms with van der Waals surface area (Å²) < 4.78 is 20.0. The number of rotatable bonds is 20. The Morgan fingerprint density at radius 3 is 2.15 bits per heavy atom. The minimum absolute atomic E-state index is 0.130. The van der Waals surface area contributed by atoms with Crippen molar-refractivity contribution >= 4 is 23.5 Å². The van der Waals surface area contributed by atoms with E-state index in [0.29, 0.717) is 6.42 Å². The van der Waals surface area contributed by atoms with Crippen LogP contribution in [-0.2, 0) is 33.0 Å². The van der Waals surface area contributed by atoms with E-state index in [4.69, 9.17) is 23.7 Å². The van der Waals surface area contributed by atoms with Gasteiger partial charge in [-0.25, -0.2) is 0 Å². The fourth-order valence-corrected chi connectivity index (χ4v) is 3.57. The number of unbranched alkanes of at least 4 members (excludes halogenated alkanes) is 11. The molecule has 10 heteroatoms. The largest absolute Gasteiger partial charge is 0.576 e. The molecule has 0 aromatic rings. The molecule has 0 bridgehead atoms. The summed E-state index contributed by atoms with van der Waals surface area (Å²) in [6.07, 6.45) is 14.2. The average Bonchev–Trinajstić information content (AvgIpc) is 2.91. The summed E-state index contributed by atoms with van der Waals surface area (Å²) in [5, 5.41) is 27.9. The monoisotopic (exact) mass is 550 g/mol. The van der Waals surface area contributed by atoms with Crippen LogP contribution in [0.3, 0.4) is 0 Å². The molecule has 3 N–H and O–H groups in total. The average molecular weight is 551 g/mol. The van der Waals surface area contributed by atoms with Gasteiger partial charge >= 0.3 is 36.4 Å². The lowest BCUT2D eigenvalue weighted by Gasteiger charge is -2.06. The molecule has 10 nitrogen and oxygen atoms in total. The second-order valence-corrected chi connectivity index (χ2v) is 9.10. The van der Waals surface area contributed by atoms with Gasteiger partial charge in [0.1, 0.15) is 6.61 Å². The molecule has 0 unspecified atom stereocenters. The fourth-order valence-electron chi connectivity index (χ4n) is 3.57. The van der Waals surface area contributed by atoms with Gasteiger partial charge in [-0.1, -0.05) is 58.3 Å². The van der Waals surface area contributed by atoms with E-state index in [2.05, 4.69) is 25.3 Å². The third-order valence-electron chi connectivity index (χ3n) is 5.71. The number of hydrogen-bond acceptors (Lipinski definition) is 9. The summed E-state index contributed by atoms with van der Waals surface area (Å²) in [5.74, 6) is 0.351. The van der Waals surface area contributed by atoms with Gasteiger partial charge in [0, 0.05) is 19.3 Å². The van der Waals surface area contributed by atoms with E-state index < -0.39 is 60.8 Å². The van der Waals surface area contributed by atoms with Crippen molar-refractivity contribution in [2.45, 2.75) is 96.8 Å². The maximum Gasteiger partial charge on any atom is 0.576 e. The Morgan fingerprint density at radius 2 is 1.56 bits per heavy atom. The zero-order chi connectivity index (χ0) is 28.9. The SMILES string of the molecule is C=C(O)O[C+](COC(=O)CCCCCCCC#CCCCCCCCC)C[O+]=C1OC(CO)=C(O)C(=O)C1=O. The molecule has 0 aliphatic carbocycles. The van der Waals surface area contributed by atoms with Gasteiger partial charge in [-0.05, 0) is 25.8 Å². The van der Waals surface area contributed by atoms with Crippen molar-refractivity contribution in [1.29, 1.82) is 0 Å². The standard InChI is InChI=1S/C29H40O10/c1-3-4-5-6-7-8-9-10-11-12-13-14-15-16-17-18-25(32)36-20-23(38-22(2)31)21-37-29-28(35)27(34)26(33)24(19-30)39-29/h30H,2-9,12-21H2,1H3/p+2. The van der Waals surface area contributed by atoms with Gasteiger partial charge in [0.2, 0.25) is 5.76 Å². The predicted molar refractivity (Wildman–Crippen MR) is 143 cm³/mol. The highest BCUT2D eigenvalue weighted by atomic mass is 16.6. The first-order valence-electron chi connectivity index (χ1n) is 13.6. The number of Topliss-reactive ketones (excluding diaryl/α,β-unsaturated/α-hetero) is 2. The smallest absolute Gasteiger partial charge is 0.500 e. The third-order valence-corrected chi connectivity index (χ3v) is 5.71. The van der Waals surface area contributed by atoms with E-state index in [1.165, 1.54) is 38.5 Å². The van der Waals surface area contributed by atoms with Crippen LogP contribution in [0.5, 0.6) is 0 Å². The summed E-state index contributed by atoms with van der Waals surface area (Å²) in [7, 11) is 0. The van der Waals surface area contributed by atoms with E-state index in [1.54, 1.807) is 0 Å². The van der Waals surface area contributed by atoms with Gasteiger partial charge in [0.05, 0.1) is 0 Å².